The molecule has 3 heterocycles. The Labute approximate surface area is 107 Å². The third kappa shape index (κ3) is 1.52. The van der Waals surface area contributed by atoms with E-state index in [2.05, 4.69) is 0 Å². The van der Waals surface area contributed by atoms with Gasteiger partial charge < -0.3 is 9.30 Å². The highest BCUT2D eigenvalue weighted by Crippen LogP contribution is 2.35. The molecule has 0 N–H and O–H groups in total. The van der Waals surface area contributed by atoms with E-state index in [0.717, 1.165) is 4.88 Å². The van der Waals surface area contributed by atoms with Gasteiger partial charge in [0.05, 0.1) is 16.8 Å². The topological polar surface area (TPSA) is 48.3 Å². The lowest BCUT2D eigenvalue weighted by Crippen LogP contribution is -2.03. The number of cyclic esters (lactones) is 2. The smallest absolute Gasteiger partial charge is 0.349 e. The molecule has 0 saturated carbocycles. The number of carbonyl (C=O) groups excluding carboxylic acids is 2. The average Bonchev–Trinajstić information content (AvgIpc) is 2.99. The summed E-state index contributed by atoms with van der Waals surface area (Å²) >= 11 is 1.41. The van der Waals surface area contributed by atoms with E-state index in [1.807, 2.05) is 36.8 Å². The number of thiophene rings is 1. The first-order valence-electron chi connectivity index (χ1n) is 5.35. The van der Waals surface area contributed by atoms with Gasteiger partial charge in [-0.05, 0) is 23.6 Å². The summed E-state index contributed by atoms with van der Waals surface area (Å²) in [5, 5.41) is 1.86. The van der Waals surface area contributed by atoms with E-state index in [4.69, 9.17) is 4.74 Å². The molecule has 18 heavy (non-hydrogen) atoms. The lowest BCUT2D eigenvalue weighted by molar-refractivity contribution is -0.149. The zero-order valence-electron chi connectivity index (χ0n) is 9.54. The molecule has 1 aliphatic heterocycles. The SMILES string of the molecule is Cn1cccc1C1=C(c2cccs2)C(=O)OC1=O. The fraction of sp³-hybridized carbons (Fsp3) is 0.0769. The first-order chi connectivity index (χ1) is 8.68. The Balaban J connectivity index is 2.27. The van der Waals surface area contributed by atoms with Gasteiger partial charge in [0.25, 0.3) is 0 Å². The van der Waals surface area contributed by atoms with Gasteiger partial charge in [-0.2, -0.15) is 0 Å². The van der Waals surface area contributed by atoms with Crippen molar-refractivity contribution in [3.63, 3.8) is 0 Å². The molecule has 0 fully saturated rings. The van der Waals surface area contributed by atoms with Crippen LogP contribution >= 0.6 is 11.3 Å². The lowest BCUT2D eigenvalue weighted by Gasteiger charge is -2.02. The highest BCUT2D eigenvalue weighted by atomic mass is 32.1. The van der Waals surface area contributed by atoms with Crippen molar-refractivity contribution < 1.29 is 14.3 Å². The Morgan fingerprint density at radius 1 is 1.11 bits per heavy atom. The summed E-state index contributed by atoms with van der Waals surface area (Å²) in [6, 6.07) is 7.27. The van der Waals surface area contributed by atoms with E-state index in [-0.39, 0.29) is 0 Å². The van der Waals surface area contributed by atoms with E-state index in [1.54, 1.807) is 10.6 Å². The van der Waals surface area contributed by atoms with E-state index in [9.17, 15) is 9.59 Å². The molecule has 0 saturated heterocycles. The number of nitrogens with zero attached hydrogens (tertiary/aromatic N) is 1. The van der Waals surface area contributed by atoms with Crippen LogP contribution in [0.1, 0.15) is 10.6 Å². The maximum Gasteiger partial charge on any atom is 0.349 e. The van der Waals surface area contributed by atoms with Gasteiger partial charge in [0.15, 0.2) is 0 Å². The Bertz CT molecular complexity index is 664. The molecule has 0 amide bonds. The molecule has 1 aliphatic rings. The molecule has 90 valence electrons. The second kappa shape index (κ2) is 3.96. The van der Waals surface area contributed by atoms with Gasteiger partial charge in [-0.25, -0.2) is 9.59 Å². The number of esters is 2. The van der Waals surface area contributed by atoms with E-state index >= 15 is 0 Å². The standard InChI is InChI=1S/C13H9NO3S/c1-14-6-2-4-8(14)10-11(9-5-3-7-18-9)13(16)17-12(10)15/h2-7H,1H3. The zero-order chi connectivity index (χ0) is 12.7. The van der Waals surface area contributed by atoms with Crippen molar-refractivity contribution in [2.75, 3.05) is 0 Å². The summed E-state index contributed by atoms with van der Waals surface area (Å²) in [6.45, 7) is 0. The van der Waals surface area contributed by atoms with Gasteiger partial charge in [0.2, 0.25) is 0 Å². The lowest BCUT2D eigenvalue weighted by atomic mass is 10.1. The summed E-state index contributed by atoms with van der Waals surface area (Å²) in [7, 11) is 1.82. The molecule has 3 rings (SSSR count). The minimum Gasteiger partial charge on any atom is -0.386 e. The predicted molar refractivity (Wildman–Crippen MR) is 67.6 cm³/mol. The number of aromatic nitrogens is 1. The van der Waals surface area contributed by atoms with Crippen LogP contribution in [0.5, 0.6) is 0 Å². The maximum atomic E-state index is 11.8. The van der Waals surface area contributed by atoms with Gasteiger partial charge in [0.1, 0.15) is 0 Å². The second-order valence-corrected chi connectivity index (χ2v) is 4.86. The number of ether oxygens (including phenoxy) is 1. The molecule has 0 aliphatic carbocycles. The first-order valence-corrected chi connectivity index (χ1v) is 6.23. The normalized spacial score (nSPS) is 15.4. The Morgan fingerprint density at radius 3 is 2.50 bits per heavy atom. The van der Waals surface area contributed by atoms with Crippen molar-refractivity contribution in [1.29, 1.82) is 0 Å². The van der Waals surface area contributed by atoms with E-state index in [0.29, 0.717) is 16.8 Å². The Kier molecular flexibility index (Phi) is 2.41. The monoisotopic (exact) mass is 259 g/mol. The zero-order valence-corrected chi connectivity index (χ0v) is 10.4. The van der Waals surface area contributed by atoms with Gasteiger partial charge in [-0.1, -0.05) is 6.07 Å². The molecular weight excluding hydrogens is 250 g/mol. The summed E-state index contributed by atoms with van der Waals surface area (Å²) in [6.07, 6.45) is 1.82. The molecule has 0 atom stereocenters. The fourth-order valence-electron chi connectivity index (χ4n) is 1.99. The quantitative estimate of drug-likeness (QED) is 0.613. The van der Waals surface area contributed by atoms with Crippen LogP contribution in [0.3, 0.4) is 0 Å². The van der Waals surface area contributed by atoms with Crippen LogP contribution in [0, 0.1) is 0 Å². The molecule has 0 unspecified atom stereocenters. The van der Waals surface area contributed by atoms with Crippen molar-refractivity contribution >= 4 is 34.4 Å². The summed E-state index contributed by atoms with van der Waals surface area (Å²) < 4.78 is 6.52. The number of carbonyl (C=O) groups is 2. The van der Waals surface area contributed by atoms with Crippen LogP contribution < -0.4 is 0 Å². The highest BCUT2D eigenvalue weighted by molar-refractivity contribution is 7.11. The largest absolute Gasteiger partial charge is 0.386 e. The highest BCUT2D eigenvalue weighted by Gasteiger charge is 2.36. The summed E-state index contributed by atoms with van der Waals surface area (Å²) in [5.41, 5.74) is 1.39. The van der Waals surface area contributed by atoms with Crippen LogP contribution in [0.2, 0.25) is 0 Å². The molecule has 4 nitrogen and oxygen atoms in total. The van der Waals surface area contributed by atoms with Gasteiger partial charge in [-0.15, -0.1) is 11.3 Å². The molecule has 5 heteroatoms. The van der Waals surface area contributed by atoms with Gasteiger partial charge in [-0.3, -0.25) is 0 Å². The Hall–Kier alpha value is -2.14. The van der Waals surface area contributed by atoms with Gasteiger partial charge in [0, 0.05) is 18.1 Å². The number of rotatable bonds is 2. The molecule has 2 aromatic heterocycles. The third-order valence-corrected chi connectivity index (χ3v) is 3.70. The van der Waals surface area contributed by atoms with Crippen LogP contribution in [0.15, 0.2) is 35.8 Å². The van der Waals surface area contributed by atoms with Crippen LogP contribution in [0.4, 0.5) is 0 Å². The van der Waals surface area contributed by atoms with Crippen molar-refractivity contribution in [2.24, 2.45) is 7.05 Å². The molecule has 2 aromatic rings. The predicted octanol–water partition coefficient (Wildman–Crippen LogP) is 2.08. The summed E-state index contributed by atoms with van der Waals surface area (Å²) in [5.74, 6) is -1.15. The number of hydrogen-bond acceptors (Lipinski definition) is 4. The molecule has 0 radical (unpaired) electrons. The molecule has 0 aromatic carbocycles. The van der Waals surface area contributed by atoms with Crippen LogP contribution in [0.25, 0.3) is 11.1 Å². The van der Waals surface area contributed by atoms with Crippen molar-refractivity contribution in [1.82, 2.24) is 4.57 Å². The molecule has 0 bridgehead atoms. The first kappa shape index (κ1) is 11.0. The minimum atomic E-state index is -0.579. The van der Waals surface area contributed by atoms with Gasteiger partial charge >= 0.3 is 11.9 Å². The number of hydrogen-bond donors (Lipinski definition) is 0. The molecular formula is C13H9NO3S. The average molecular weight is 259 g/mol. The third-order valence-electron chi connectivity index (χ3n) is 2.81. The van der Waals surface area contributed by atoms with Crippen LogP contribution in [-0.2, 0) is 21.4 Å². The van der Waals surface area contributed by atoms with Crippen molar-refractivity contribution in [3.8, 4) is 0 Å². The van der Waals surface area contributed by atoms with Crippen molar-refractivity contribution in [3.05, 3.63) is 46.4 Å². The number of aryl methyl sites for hydroxylation is 1. The second-order valence-electron chi connectivity index (χ2n) is 3.91. The molecule has 0 spiro atoms. The summed E-state index contributed by atoms with van der Waals surface area (Å²) in [4.78, 5) is 24.4. The fourth-order valence-corrected chi connectivity index (χ4v) is 2.75. The minimum absolute atomic E-state index is 0.343. The van der Waals surface area contributed by atoms with E-state index in [1.165, 1.54) is 11.3 Å². The van der Waals surface area contributed by atoms with Crippen molar-refractivity contribution in [2.45, 2.75) is 0 Å². The Morgan fingerprint density at radius 2 is 1.89 bits per heavy atom. The maximum absolute atomic E-state index is 11.8. The van der Waals surface area contributed by atoms with Crippen LogP contribution in [-0.4, -0.2) is 16.5 Å². The van der Waals surface area contributed by atoms with E-state index < -0.39 is 11.9 Å².